The van der Waals surface area contributed by atoms with Crippen molar-refractivity contribution in [1.29, 1.82) is 5.26 Å². The first-order chi connectivity index (χ1) is 6.53. The summed E-state index contributed by atoms with van der Waals surface area (Å²) in [5.41, 5.74) is 0.142. The monoisotopic (exact) mass is 200 g/mol. The van der Waals surface area contributed by atoms with E-state index in [0.29, 0.717) is 0 Å². The fourth-order valence-electron chi connectivity index (χ4n) is 1.04. The van der Waals surface area contributed by atoms with Gasteiger partial charge in [0.1, 0.15) is 6.33 Å². The summed E-state index contributed by atoms with van der Waals surface area (Å²) in [6.45, 7) is -4.90. The van der Waals surface area contributed by atoms with Crippen LogP contribution in [0.1, 0.15) is 11.3 Å². The molecule has 3 nitrogen and oxygen atoms in total. The summed E-state index contributed by atoms with van der Waals surface area (Å²) >= 11 is 0. The van der Waals surface area contributed by atoms with Crippen molar-refractivity contribution < 1.29 is 12.9 Å². The highest BCUT2D eigenvalue weighted by Crippen LogP contribution is 2.17. The van der Waals surface area contributed by atoms with Crippen molar-refractivity contribution in [3.8, 4) is 6.07 Å². The minimum atomic E-state index is -4.90. The maximum Gasteiger partial charge on any atom is 0.482 e. The van der Waals surface area contributed by atoms with Gasteiger partial charge in [0.2, 0.25) is 0 Å². The Morgan fingerprint density at radius 1 is 1.43 bits per heavy atom. The van der Waals surface area contributed by atoms with Gasteiger partial charge in [-0.25, -0.2) is 9.97 Å². The lowest BCUT2D eigenvalue weighted by atomic mass is 9.81. The Morgan fingerprint density at radius 3 is 2.71 bits per heavy atom. The number of hydrogen-bond acceptors (Lipinski definition) is 3. The largest absolute Gasteiger partial charge is 0.482 e. The summed E-state index contributed by atoms with van der Waals surface area (Å²) in [5.74, 6) is 0. The maximum absolute atomic E-state index is 12.1. The average molecular weight is 200 g/mol. The minimum absolute atomic E-state index is 0.0125. The predicted molar refractivity (Wildman–Crippen MR) is 44.1 cm³/mol. The third-order valence-corrected chi connectivity index (χ3v) is 1.58. The summed E-state index contributed by atoms with van der Waals surface area (Å²) < 4.78 is 36.3. The van der Waals surface area contributed by atoms with Crippen molar-refractivity contribution in [2.45, 2.75) is 12.7 Å². The molecule has 1 aromatic heterocycles. The zero-order valence-corrected chi connectivity index (χ0v) is 7.12. The van der Waals surface area contributed by atoms with Crippen LogP contribution in [0.3, 0.4) is 0 Å². The van der Waals surface area contributed by atoms with Gasteiger partial charge < -0.3 is 12.9 Å². The van der Waals surface area contributed by atoms with E-state index in [1.165, 1.54) is 0 Å². The minimum Gasteiger partial charge on any atom is -0.449 e. The van der Waals surface area contributed by atoms with Gasteiger partial charge in [0.25, 0.3) is 0 Å². The van der Waals surface area contributed by atoms with Crippen LogP contribution in [0.4, 0.5) is 12.9 Å². The van der Waals surface area contributed by atoms with Crippen molar-refractivity contribution in [1.82, 2.24) is 9.97 Å². The van der Waals surface area contributed by atoms with Crippen LogP contribution >= 0.6 is 0 Å². The van der Waals surface area contributed by atoms with Crippen LogP contribution in [0.5, 0.6) is 0 Å². The Kier molecular flexibility index (Phi) is 3.07. The summed E-state index contributed by atoms with van der Waals surface area (Å²) in [7, 11) is 0. The number of aromatic nitrogens is 2. The molecule has 74 valence electrons. The molecule has 7 heteroatoms. The molecule has 0 amide bonds. The van der Waals surface area contributed by atoms with Crippen LogP contribution in [-0.2, 0) is 12.7 Å². The first-order valence-corrected chi connectivity index (χ1v) is 3.88. The Hall–Kier alpha value is -1.58. The normalized spacial score (nSPS) is 11.0. The quantitative estimate of drug-likeness (QED) is 0.694. The SMILES string of the molecule is N#CCc1ncncc1C[B-](F)(F)F. The van der Waals surface area contributed by atoms with Crippen molar-refractivity contribution in [2.75, 3.05) is 0 Å². The molecule has 0 saturated heterocycles. The van der Waals surface area contributed by atoms with Crippen LogP contribution in [0.2, 0.25) is 0 Å². The summed E-state index contributed by atoms with van der Waals surface area (Å²) in [4.78, 5) is 7.13. The molecular formula is C7H6BF3N3-. The van der Waals surface area contributed by atoms with E-state index in [0.717, 1.165) is 12.5 Å². The molecule has 1 rings (SSSR count). The standard InChI is InChI=1S/C7H6BF3N3/c9-8(10,11)3-6-4-13-5-14-7(6)1-2-12/h4-5H,1,3H2/q-1. The average Bonchev–Trinajstić information content (AvgIpc) is 2.06. The second kappa shape index (κ2) is 4.09. The van der Waals surface area contributed by atoms with Crippen LogP contribution in [0, 0.1) is 11.3 Å². The molecule has 0 bridgehead atoms. The van der Waals surface area contributed by atoms with Gasteiger partial charge in [-0.1, -0.05) is 6.32 Å². The van der Waals surface area contributed by atoms with Crippen molar-refractivity contribution >= 4 is 6.98 Å². The molecule has 0 radical (unpaired) electrons. The number of rotatable bonds is 3. The third kappa shape index (κ3) is 3.05. The van der Waals surface area contributed by atoms with E-state index in [2.05, 4.69) is 9.97 Å². The van der Waals surface area contributed by atoms with Crippen molar-refractivity contribution in [3.05, 3.63) is 23.8 Å². The van der Waals surface area contributed by atoms with Gasteiger partial charge in [-0.2, -0.15) is 5.26 Å². The summed E-state index contributed by atoms with van der Waals surface area (Å²) in [6.07, 6.45) is 1.09. The van der Waals surface area contributed by atoms with Crippen molar-refractivity contribution in [2.24, 2.45) is 0 Å². The molecule has 1 heterocycles. The number of nitriles is 1. The second-order valence-electron chi connectivity index (χ2n) is 2.74. The van der Waals surface area contributed by atoms with Crippen LogP contribution in [0.15, 0.2) is 12.5 Å². The first-order valence-electron chi connectivity index (χ1n) is 3.88. The fourth-order valence-corrected chi connectivity index (χ4v) is 1.04. The molecule has 0 aliphatic carbocycles. The third-order valence-electron chi connectivity index (χ3n) is 1.58. The number of hydrogen-bond donors (Lipinski definition) is 0. The lowest BCUT2D eigenvalue weighted by Crippen LogP contribution is -2.20. The molecule has 14 heavy (non-hydrogen) atoms. The topological polar surface area (TPSA) is 49.6 Å². The zero-order chi connectivity index (χ0) is 10.6. The van der Waals surface area contributed by atoms with Gasteiger partial charge in [0, 0.05) is 6.20 Å². The van der Waals surface area contributed by atoms with Gasteiger partial charge in [0.15, 0.2) is 0 Å². The molecule has 0 aromatic carbocycles. The molecule has 0 aliphatic rings. The molecular weight excluding hydrogens is 194 g/mol. The molecule has 0 aliphatic heterocycles. The van der Waals surface area contributed by atoms with Crippen molar-refractivity contribution in [3.63, 3.8) is 0 Å². The van der Waals surface area contributed by atoms with Gasteiger partial charge in [-0.05, 0) is 5.56 Å². The maximum atomic E-state index is 12.1. The highest BCUT2D eigenvalue weighted by molar-refractivity contribution is 6.57. The molecule has 0 atom stereocenters. The summed E-state index contributed by atoms with van der Waals surface area (Å²) in [5, 5.41) is 8.36. The van der Waals surface area contributed by atoms with E-state index in [4.69, 9.17) is 5.26 Å². The molecule has 0 saturated carbocycles. The molecule has 0 spiro atoms. The van der Waals surface area contributed by atoms with Crippen LogP contribution in [0.25, 0.3) is 0 Å². The van der Waals surface area contributed by atoms with E-state index in [-0.39, 0.29) is 17.7 Å². The van der Waals surface area contributed by atoms with E-state index in [1.807, 2.05) is 0 Å². The summed E-state index contributed by atoms with van der Waals surface area (Å²) in [6, 6.07) is 1.76. The fraction of sp³-hybridized carbons (Fsp3) is 0.286. The molecule has 0 N–H and O–H groups in total. The number of nitrogens with zero attached hydrogens (tertiary/aromatic N) is 3. The highest BCUT2D eigenvalue weighted by Gasteiger charge is 2.24. The molecule has 1 aromatic rings. The zero-order valence-electron chi connectivity index (χ0n) is 7.12. The van der Waals surface area contributed by atoms with E-state index < -0.39 is 13.3 Å². The predicted octanol–water partition coefficient (Wildman–Crippen LogP) is 1.47. The van der Waals surface area contributed by atoms with Gasteiger partial charge in [0.05, 0.1) is 18.2 Å². The van der Waals surface area contributed by atoms with E-state index in [1.54, 1.807) is 6.07 Å². The van der Waals surface area contributed by atoms with E-state index >= 15 is 0 Å². The highest BCUT2D eigenvalue weighted by atomic mass is 19.4. The van der Waals surface area contributed by atoms with Gasteiger partial charge in [-0.15, -0.1) is 0 Å². The van der Waals surface area contributed by atoms with Crippen LogP contribution in [-0.4, -0.2) is 16.9 Å². The molecule has 0 unspecified atom stereocenters. The lowest BCUT2D eigenvalue weighted by molar-refractivity contribution is 0.467. The van der Waals surface area contributed by atoms with Crippen LogP contribution < -0.4 is 0 Å². The lowest BCUT2D eigenvalue weighted by Gasteiger charge is -2.14. The molecule has 0 fully saturated rings. The Labute approximate surface area is 78.7 Å². The van der Waals surface area contributed by atoms with Gasteiger partial charge in [-0.3, -0.25) is 0 Å². The van der Waals surface area contributed by atoms with E-state index in [9.17, 15) is 12.9 Å². The Balaban J connectivity index is 2.91. The number of halogens is 3. The Bertz CT molecular complexity index is 358. The van der Waals surface area contributed by atoms with Gasteiger partial charge >= 0.3 is 6.98 Å². The Morgan fingerprint density at radius 2 is 2.14 bits per heavy atom. The second-order valence-corrected chi connectivity index (χ2v) is 2.74. The smallest absolute Gasteiger partial charge is 0.449 e. The first kappa shape index (κ1) is 10.5.